The van der Waals surface area contributed by atoms with E-state index in [1.165, 1.54) is 5.56 Å². The molecular weight excluding hydrogens is 354 g/mol. The number of rotatable bonds is 3. The molecule has 0 spiro atoms. The number of anilines is 1. The summed E-state index contributed by atoms with van der Waals surface area (Å²) >= 11 is 9.26. The zero-order valence-electron chi connectivity index (χ0n) is 11.2. The number of hydrogen-bond donors (Lipinski definition) is 0. The van der Waals surface area contributed by atoms with E-state index in [0.29, 0.717) is 17.3 Å². The first-order valence-corrected chi connectivity index (χ1v) is 7.78. The van der Waals surface area contributed by atoms with Crippen molar-refractivity contribution in [2.75, 3.05) is 18.1 Å². The summed E-state index contributed by atoms with van der Waals surface area (Å²) < 4.78 is 6.49. The van der Waals surface area contributed by atoms with Crippen molar-refractivity contribution in [2.24, 2.45) is 0 Å². The van der Waals surface area contributed by atoms with E-state index in [1.54, 1.807) is 29.2 Å². The summed E-state index contributed by atoms with van der Waals surface area (Å²) in [5.74, 6) is 0.600. The Labute approximate surface area is 136 Å². The summed E-state index contributed by atoms with van der Waals surface area (Å²) in [6, 6.07) is 13.0. The molecule has 21 heavy (non-hydrogen) atoms. The first-order valence-electron chi connectivity index (χ1n) is 6.60. The predicted molar refractivity (Wildman–Crippen MR) is 87.1 cm³/mol. The second-order valence-corrected chi connectivity index (χ2v) is 6.16. The molecule has 0 radical (unpaired) electrons. The monoisotopic (exact) mass is 365 g/mol. The second kappa shape index (κ2) is 6.08. The summed E-state index contributed by atoms with van der Waals surface area (Å²) in [5, 5.41) is 0.645. The minimum absolute atomic E-state index is 0.0214. The van der Waals surface area contributed by atoms with Gasteiger partial charge in [0.25, 0.3) is 5.91 Å². The van der Waals surface area contributed by atoms with Crippen molar-refractivity contribution in [1.29, 1.82) is 0 Å². The Morgan fingerprint density at radius 1 is 1.24 bits per heavy atom. The van der Waals surface area contributed by atoms with Crippen LogP contribution in [0.3, 0.4) is 0 Å². The minimum atomic E-state index is -0.0400. The molecular formula is C16H13BrClNO2. The Kier molecular flexibility index (Phi) is 4.17. The van der Waals surface area contributed by atoms with Gasteiger partial charge in [-0.25, -0.2) is 0 Å². The van der Waals surface area contributed by atoms with Gasteiger partial charge in [-0.2, -0.15) is 0 Å². The lowest BCUT2D eigenvalue weighted by atomic mass is 10.2. The zero-order valence-corrected chi connectivity index (χ0v) is 13.5. The highest BCUT2D eigenvalue weighted by atomic mass is 79.9. The fourth-order valence-electron chi connectivity index (χ4n) is 2.37. The van der Waals surface area contributed by atoms with E-state index in [4.69, 9.17) is 16.3 Å². The molecule has 3 rings (SSSR count). The van der Waals surface area contributed by atoms with E-state index in [9.17, 15) is 4.79 Å². The molecule has 0 unspecified atom stereocenters. The van der Waals surface area contributed by atoms with E-state index in [1.807, 2.05) is 18.2 Å². The Morgan fingerprint density at radius 3 is 2.76 bits per heavy atom. The molecule has 0 atom stereocenters. The third-order valence-corrected chi connectivity index (χ3v) is 4.17. The van der Waals surface area contributed by atoms with Gasteiger partial charge in [-0.1, -0.05) is 33.6 Å². The summed E-state index contributed by atoms with van der Waals surface area (Å²) in [7, 11) is 0. The SMILES string of the molecule is O=C(COc1ccc(Cl)cc1)N1CCc2ccc(Br)cc21. The van der Waals surface area contributed by atoms with Crippen LogP contribution in [0.2, 0.25) is 5.02 Å². The third-order valence-electron chi connectivity index (χ3n) is 3.42. The normalized spacial score (nSPS) is 13.1. The van der Waals surface area contributed by atoms with Gasteiger partial charge in [0, 0.05) is 21.7 Å². The summed E-state index contributed by atoms with van der Waals surface area (Å²) in [5.41, 5.74) is 2.16. The van der Waals surface area contributed by atoms with Crippen LogP contribution in [0, 0.1) is 0 Å². The van der Waals surface area contributed by atoms with E-state index in [2.05, 4.69) is 15.9 Å². The molecule has 0 N–H and O–H groups in total. The molecule has 108 valence electrons. The van der Waals surface area contributed by atoms with Crippen LogP contribution in [0.25, 0.3) is 0 Å². The highest BCUT2D eigenvalue weighted by Crippen LogP contribution is 2.31. The molecule has 0 aromatic heterocycles. The van der Waals surface area contributed by atoms with Gasteiger partial charge in [-0.3, -0.25) is 4.79 Å². The fraction of sp³-hybridized carbons (Fsp3) is 0.188. The Morgan fingerprint density at radius 2 is 2.00 bits per heavy atom. The summed E-state index contributed by atoms with van der Waals surface area (Å²) in [4.78, 5) is 14.1. The highest BCUT2D eigenvalue weighted by Gasteiger charge is 2.24. The van der Waals surface area contributed by atoms with Crippen molar-refractivity contribution in [3.63, 3.8) is 0 Å². The van der Waals surface area contributed by atoms with Crippen LogP contribution in [0.1, 0.15) is 5.56 Å². The van der Waals surface area contributed by atoms with Crippen molar-refractivity contribution in [1.82, 2.24) is 0 Å². The van der Waals surface area contributed by atoms with Crippen LogP contribution in [-0.4, -0.2) is 19.1 Å². The molecule has 2 aromatic rings. The fourth-order valence-corrected chi connectivity index (χ4v) is 2.84. The molecule has 5 heteroatoms. The number of carbonyl (C=O) groups is 1. The number of fused-ring (bicyclic) bond motifs is 1. The molecule has 0 fully saturated rings. The molecule has 1 aliphatic heterocycles. The van der Waals surface area contributed by atoms with E-state index in [-0.39, 0.29) is 12.5 Å². The van der Waals surface area contributed by atoms with Crippen molar-refractivity contribution in [2.45, 2.75) is 6.42 Å². The third kappa shape index (κ3) is 3.22. The number of nitrogens with zero attached hydrogens (tertiary/aromatic N) is 1. The smallest absolute Gasteiger partial charge is 0.264 e. The van der Waals surface area contributed by atoms with Crippen LogP contribution < -0.4 is 9.64 Å². The summed E-state index contributed by atoms with van der Waals surface area (Å²) in [6.45, 7) is 0.724. The standard InChI is InChI=1S/C16H13BrClNO2/c17-12-2-1-11-7-8-19(15(11)9-12)16(20)10-21-14-5-3-13(18)4-6-14/h1-6,9H,7-8,10H2. The number of carbonyl (C=O) groups excluding carboxylic acids is 1. The minimum Gasteiger partial charge on any atom is -0.484 e. The molecule has 0 aliphatic carbocycles. The van der Waals surface area contributed by atoms with Gasteiger partial charge in [0.15, 0.2) is 6.61 Å². The number of hydrogen-bond acceptors (Lipinski definition) is 2. The molecule has 3 nitrogen and oxygen atoms in total. The topological polar surface area (TPSA) is 29.5 Å². The average molecular weight is 367 g/mol. The second-order valence-electron chi connectivity index (χ2n) is 4.81. The molecule has 0 bridgehead atoms. The Hall–Kier alpha value is -1.52. The molecule has 1 amide bonds. The first-order chi connectivity index (χ1) is 10.1. The molecule has 0 saturated heterocycles. The van der Waals surface area contributed by atoms with Gasteiger partial charge in [-0.15, -0.1) is 0 Å². The molecule has 0 saturated carbocycles. The van der Waals surface area contributed by atoms with Gasteiger partial charge < -0.3 is 9.64 Å². The predicted octanol–water partition coefficient (Wildman–Crippen LogP) is 4.07. The van der Waals surface area contributed by atoms with Crippen LogP contribution in [0.5, 0.6) is 5.75 Å². The Bertz CT molecular complexity index is 672. The maximum atomic E-state index is 12.3. The van der Waals surface area contributed by atoms with Crippen LogP contribution >= 0.6 is 27.5 Å². The lowest BCUT2D eigenvalue weighted by molar-refractivity contribution is -0.120. The average Bonchev–Trinajstić information content (AvgIpc) is 2.89. The first kappa shape index (κ1) is 14.4. The van der Waals surface area contributed by atoms with E-state index >= 15 is 0 Å². The molecule has 1 heterocycles. The van der Waals surface area contributed by atoms with Gasteiger partial charge in [0.2, 0.25) is 0 Å². The van der Waals surface area contributed by atoms with Crippen LogP contribution in [-0.2, 0) is 11.2 Å². The number of amides is 1. The van der Waals surface area contributed by atoms with E-state index in [0.717, 1.165) is 16.6 Å². The lowest BCUT2D eigenvalue weighted by Crippen LogP contribution is -2.33. The lowest BCUT2D eigenvalue weighted by Gasteiger charge is -2.17. The van der Waals surface area contributed by atoms with Crippen LogP contribution in [0.4, 0.5) is 5.69 Å². The van der Waals surface area contributed by atoms with Crippen molar-refractivity contribution >= 4 is 39.1 Å². The quantitative estimate of drug-likeness (QED) is 0.819. The van der Waals surface area contributed by atoms with Gasteiger partial charge >= 0.3 is 0 Å². The highest BCUT2D eigenvalue weighted by molar-refractivity contribution is 9.10. The zero-order chi connectivity index (χ0) is 14.8. The maximum absolute atomic E-state index is 12.3. The van der Waals surface area contributed by atoms with Crippen molar-refractivity contribution in [3.05, 3.63) is 57.5 Å². The van der Waals surface area contributed by atoms with E-state index < -0.39 is 0 Å². The van der Waals surface area contributed by atoms with Gasteiger partial charge in [0.1, 0.15) is 5.75 Å². The summed E-state index contributed by atoms with van der Waals surface area (Å²) in [6.07, 6.45) is 0.884. The molecule has 1 aliphatic rings. The molecule has 2 aromatic carbocycles. The van der Waals surface area contributed by atoms with Gasteiger partial charge in [0.05, 0.1) is 0 Å². The largest absolute Gasteiger partial charge is 0.484 e. The number of benzene rings is 2. The van der Waals surface area contributed by atoms with Crippen LogP contribution in [0.15, 0.2) is 46.9 Å². The Balaban J connectivity index is 1.67. The number of ether oxygens (including phenoxy) is 1. The van der Waals surface area contributed by atoms with Crippen molar-refractivity contribution < 1.29 is 9.53 Å². The van der Waals surface area contributed by atoms with Crippen molar-refractivity contribution in [3.8, 4) is 5.75 Å². The van der Waals surface area contributed by atoms with Gasteiger partial charge in [-0.05, 0) is 48.4 Å². The maximum Gasteiger partial charge on any atom is 0.264 e. The number of halogens is 2.